The molecule has 0 aromatic carbocycles. The maximum atomic E-state index is 2.39. The molecule has 0 aliphatic rings. The smallest absolute Gasteiger partial charge is 0.0305 e. The lowest BCUT2D eigenvalue weighted by atomic mass is 9.65. The van der Waals surface area contributed by atoms with Gasteiger partial charge in [0.25, 0.3) is 0 Å². The lowest BCUT2D eigenvalue weighted by molar-refractivity contribution is 0.101. The van der Waals surface area contributed by atoms with Gasteiger partial charge in [-0.25, -0.2) is 0 Å². The van der Waals surface area contributed by atoms with Gasteiger partial charge in [0.2, 0.25) is 0 Å². The molecule has 0 saturated carbocycles. The van der Waals surface area contributed by atoms with E-state index in [2.05, 4.69) is 138 Å². The van der Waals surface area contributed by atoms with Gasteiger partial charge in [-0.2, -0.15) is 0 Å². The van der Waals surface area contributed by atoms with Crippen LogP contribution in [0, 0.1) is 37.9 Å². The lowest BCUT2D eigenvalue weighted by Crippen LogP contribution is -2.30. The Labute approximate surface area is 221 Å². The van der Waals surface area contributed by atoms with Gasteiger partial charge in [0, 0.05) is 0 Å². The van der Waals surface area contributed by atoms with Gasteiger partial charge in [-0.05, 0) is 76.4 Å². The molecule has 0 amide bonds. The highest BCUT2D eigenvalue weighted by Gasteiger charge is 2.33. The van der Waals surface area contributed by atoms with Crippen molar-refractivity contribution < 1.29 is 0 Å². The van der Waals surface area contributed by atoms with Crippen molar-refractivity contribution >= 4 is 0 Å². The molecule has 0 atom stereocenters. The molecule has 0 aromatic rings. The molecule has 34 heavy (non-hydrogen) atoms. The molecular formula is C34H74. The minimum Gasteiger partial charge on any atom is -0.0602 e. The Morgan fingerprint density at radius 3 is 0.647 bits per heavy atom. The average Bonchev–Trinajstić information content (AvgIpc) is 2.47. The van der Waals surface area contributed by atoms with E-state index >= 15 is 0 Å². The Hall–Kier alpha value is 0. The van der Waals surface area contributed by atoms with Crippen LogP contribution in [0.5, 0.6) is 0 Å². The summed E-state index contributed by atoms with van der Waals surface area (Å²) in [6.45, 7) is 46.5. The molecular weight excluding hydrogens is 408 g/mol. The summed E-state index contributed by atoms with van der Waals surface area (Å²) < 4.78 is 0. The van der Waals surface area contributed by atoms with Crippen LogP contribution in [0.15, 0.2) is 0 Å². The first kappa shape index (κ1) is 38.5. The predicted octanol–water partition coefficient (Wildman–Crippen LogP) is 13.0. The highest BCUT2D eigenvalue weighted by molar-refractivity contribution is 4.83. The third-order valence-electron chi connectivity index (χ3n) is 7.01. The van der Waals surface area contributed by atoms with E-state index in [1.807, 2.05) is 0 Å². The topological polar surface area (TPSA) is 0 Å². The van der Waals surface area contributed by atoms with Gasteiger partial charge < -0.3 is 0 Å². The molecule has 0 aliphatic heterocycles. The van der Waals surface area contributed by atoms with Gasteiger partial charge in [0.05, 0.1) is 0 Å². The third kappa shape index (κ3) is 32.0. The fraction of sp³-hybridized carbons (Fsp3) is 1.00. The highest BCUT2D eigenvalue weighted by Crippen LogP contribution is 2.43. The lowest BCUT2D eigenvalue weighted by Gasteiger charge is -2.40. The van der Waals surface area contributed by atoms with E-state index < -0.39 is 0 Å². The van der Waals surface area contributed by atoms with Gasteiger partial charge in [0.15, 0.2) is 0 Å². The van der Waals surface area contributed by atoms with Crippen LogP contribution in [0.1, 0.15) is 183 Å². The summed E-state index contributed by atoms with van der Waals surface area (Å²) in [5.41, 5.74) is 3.39. The molecule has 0 aliphatic carbocycles. The summed E-state index contributed by atoms with van der Waals surface area (Å²) in [5.74, 6) is 0. The van der Waals surface area contributed by atoms with Gasteiger partial charge in [-0.3, -0.25) is 0 Å². The van der Waals surface area contributed by atoms with E-state index in [0.29, 0.717) is 37.9 Å². The van der Waals surface area contributed by atoms with Crippen molar-refractivity contribution in [1.29, 1.82) is 0 Å². The Morgan fingerprint density at radius 2 is 0.471 bits per heavy atom. The first-order chi connectivity index (χ1) is 14.4. The summed E-state index contributed by atoms with van der Waals surface area (Å²) in [6.07, 6.45) is 9.37. The Kier molecular flexibility index (Phi) is 15.9. The number of rotatable bonds is 5. The molecule has 0 unspecified atom stereocenters. The summed E-state index contributed by atoms with van der Waals surface area (Å²) >= 11 is 0. The van der Waals surface area contributed by atoms with E-state index in [0.717, 1.165) is 0 Å². The molecule has 0 N–H and O–H groups in total. The van der Waals surface area contributed by atoms with E-state index in [9.17, 15) is 0 Å². The maximum Gasteiger partial charge on any atom is -0.0305 e. The van der Waals surface area contributed by atoms with E-state index in [1.165, 1.54) is 44.9 Å². The zero-order chi connectivity index (χ0) is 28.4. The molecule has 0 saturated heterocycles. The van der Waals surface area contributed by atoms with Crippen LogP contribution >= 0.6 is 0 Å². The predicted molar refractivity (Wildman–Crippen MR) is 163 cm³/mol. The number of hydrogen-bond donors (Lipinski definition) is 0. The fourth-order valence-electron chi connectivity index (χ4n) is 2.96. The zero-order valence-corrected chi connectivity index (χ0v) is 28.4. The summed E-state index contributed by atoms with van der Waals surface area (Å²) in [7, 11) is 0. The van der Waals surface area contributed by atoms with Crippen LogP contribution < -0.4 is 0 Å². The molecule has 0 aromatic heterocycles. The van der Waals surface area contributed by atoms with Crippen LogP contribution in [0.4, 0.5) is 0 Å². The first-order valence-electron chi connectivity index (χ1n) is 14.4. The van der Waals surface area contributed by atoms with Gasteiger partial charge in [-0.15, -0.1) is 0 Å². The van der Waals surface area contributed by atoms with Crippen molar-refractivity contribution in [2.45, 2.75) is 183 Å². The fourth-order valence-corrected chi connectivity index (χ4v) is 2.96. The van der Waals surface area contributed by atoms with Crippen molar-refractivity contribution in [1.82, 2.24) is 0 Å². The second kappa shape index (κ2) is 14.1. The molecule has 0 fully saturated rings. The molecule has 0 heterocycles. The minimum atomic E-state index is 0.415. The van der Waals surface area contributed by atoms with Crippen molar-refractivity contribution in [2.75, 3.05) is 0 Å². The highest BCUT2D eigenvalue weighted by atomic mass is 14.4. The number of hydrogen-bond acceptors (Lipinski definition) is 0. The van der Waals surface area contributed by atoms with Crippen molar-refractivity contribution in [3.8, 4) is 0 Å². The minimum absolute atomic E-state index is 0.415. The van der Waals surface area contributed by atoms with Crippen LogP contribution in [0.2, 0.25) is 0 Å². The molecule has 0 bridgehead atoms. The van der Waals surface area contributed by atoms with E-state index in [1.54, 1.807) is 0 Å². The van der Waals surface area contributed by atoms with E-state index in [-0.39, 0.29) is 0 Å². The summed E-state index contributed by atoms with van der Waals surface area (Å²) in [6, 6.07) is 0. The summed E-state index contributed by atoms with van der Waals surface area (Å²) in [5, 5.41) is 0. The van der Waals surface area contributed by atoms with Gasteiger partial charge in [0.1, 0.15) is 0 Å². The van der Waals surface area contributed by atoms with E-state index in [4.69, 9.17) is 0 Å². The molecule has 0 nitrogen and oxygen atoms in total. The zero-order valence-electron chi connectivity index (χ0n) is 28.4. The largest absolute Gasteiger partial charge is 0.0602 e. The Morgan fingerprint density at radius 1 is 0.265 bits per heavy atom. The molecule has 210 valence electrons. The van der Waals surface area contributed by atoms with Crippen LogP contribution in [0.3, 0.4) is 0 Å². The second-order valence-corrected chi connectivity index (χ2v) is 18.8. The first-order valence-corrected chi connectivity index (χ1v) is 14.4. The van der Waals surface area contributed by atoms with Crippen molar-refractivity contribution in [3.05, 3.63) is 0 Å². The Balaban J connectivity index is -0.000000428. The molecule has 0 rings (SSSR count). The quantitative estimate of drug-likeness (QED) is 0.365. The summed E-state index contributed by atoms with van der Waals surface area (Å²) in [4.78, 5) is 0. The van der Waals surface area contributed by atoms with Crippen LogP contribution in [-0.4, -0.2) is 0 Å². The SMILES string of the molecule is CC(C)(C)CCC(C)(C)C.CC(C)(C)CCC(C)(C)C(C)(C)C.CC(C)(C)CCCC(C)(C)C. The average molecular weight is 483 g/mol. The van der Waals surface area contributed by atoms with Gasteiger partial charge in [-0.1, -0.05) is 145 Å². The standard InChI is InChI=1S/C13H28.C11H24.C10H22/c1-11(2,3)9-10-13(7,8)12(4,5)6;1-10(2,3)8-7-9-11(4,5)6;1-9(2,3)7-8-10(4,5)6/h9-10H2,1-8H3;7-9H2,1-6H3;7-8H2,1-6H3. The monoisotopic (exact) mass is 483 g/mol. The maximum absolute atomic E-state index is 2.39. The third-order valence-corrected chi connectivity index (χ3v) is 7.01. The normalized spacial score (nSPS) is 14.1. The Bertz CT molecular complexity index is 461. The van der Waals surface area contributed by atoms with Crippen molar-refractivity contribution in [3.63, 3.8) is 0 Å². The second-order valence-electron chi connectivity index (χ2n) is 18.8. The molecule has 0 heteroatoms. The van der Waals surface area contributed by atoms with Crippen LogP contribution in [0.25, 0.3) is 0 Å². The van der Waals surface area contributed by atoms with Gasteiger partial charge >= 0.3 is 0 Å². The molecule has 0 spiro atoms. The van der Waals surface area contributed by atoms with Crippen molar-refractivity contribution in [2.24, 2.45) is 37.9 Å². The molecule has 0 radical (unpaired) electrons. The van der Waals surface area contributed by atoms with Crippen LogP contribution in [-0.2, 0) is 0 Å².